The molecule has 0 saturated carbocycles. The summed E-state index contributed by atoms with van der Waals surface area (Å²) in [6.07, 6.45) is 0.547. The summed E-state index contributed by atoms with van der Waals surface area (Å²) >= 11 is 0. The number of nitrogens with zero attached hydrogens (tertiary/aromatic N) is 3. The summed E-state index contributed by atoms with van der Waals surface area (Å²) in [5.41, 5.74) is 6.02. The average Bonchev–Trinajstić information content (AvgIpc) is 3.22. The van der Waals surface area contributed by atoms with Crippen molar-refractivity contribution in [3.05, 3.63) is 52.6 Å². The van der Waals surface area contributed by atoms with Crippen molar-refractivity contribution < 1.29 is 9.52 Å². The van der Waals surface area contributed by atoms with Crippen molar-refractivity contribution in [3.8, 4) is 17.5 Å². The van der Waals surface area contributed by atoms with Crippen LogP contribution < -0.4 is 0 Å². The fourth-order valence-electron chi connectivity index (χ4n) is 3.58. The van der Waals surface area contributed by atoms with E-state index in [2.05, 4.69) is 35.9 Å². The average molecular weight is 347 g/mol. The Kier molecular flexibility index (Phi) is 4.23. The lowest BCUT2D eigenvalue weighted by Gasteiger charge is -2.14. The Morgan fingerprint density at radius 3 is 2.92 bits per heavy atom. The number of aliphatic hydroxyl groups excluding tert-OH is 1. The molecule has 4 rings (SSSR count). The Morgan fingerprint density at radius 2 is 2.19 bits per heavy atom. The second-order valence-electron chi connectivity index (χ2n) is 7.05. The lowest BCUT2D eigenvalue weighted by atomic mass is 10.0. The molecule has 0 radical (unpaired) electrons. The molecular weight excluding hydrogens is 326 g/mol. The maximum Gasteiger partial charge on any atom is 0.227 e. The number of hydrogen-bond donors (Lipinski definition) is 1. The van der Waals surface area contributed by atoms with Crippen molar-refractivity contribution >= 4 is 11.1 Å². The van der Waals surface area contributed by atoms with Gasteiger partial charge in [0.15, 0.2) is 5.58 Å². The van der Waals surface area contributed by atoms with Crippen LogP contribution in [-0.4, -0.2) is 34.2 Å². The number of rotatable bonds is 3. The number of benzene rings is 2. The summed E-state index contributed by atoms with van der Waals surface area (Å²) in [5.74, 6) is 0.548. The highest BCUT2D eigenvalue weighted by atomic mass is 16.3. The highest BCUT2D eigenvalue weighted by Crippen LogP contribution is 2.30. The van der Waals surface area contributed by atoms with Crippen LogP contribution in [0.25, 0.3) is 22.6 Å². The number of oxazole rings is 1. The Bertz CT molecular complexity index is 1020. The van der Waals surface area contributed by atoms with Gasteiger partial charge >= 0.3 is 0 Å². The minimum absolute atomic E-state index is 0.253. The van der Waals surface area contributed by atoms with Gasteiger partial charge in [-0.25, -0.2) is 4.98 Å². The minimum atomic E-state index is -0.253. The molecule has 1 atom stereocenters. The molecule has 5 heteroatoms. The summed E-state index contributed by atoms with van der Waals surface area (Å²) in [6.45, 7) is 6.35. The van der Waals surface area contributed by atoms with Crippen LogP contribution in [0.5, 0.6) is 0 Å². The third-order valence-corrected chi connectivity index (χ3v) is 5.16. The molecule has 1 saturated heterocycles. The normalized spacial score (nSPS) is 17.7. The molecule has 1 fully saturated rings. The Morgan fingerprint density at radius 1 is 1.35 bits per heavy atom. The lowest BCUT2D eigenvalue weighted by molar-refractivity contribution is 0.175. The second kappa shape index (κ2) is 6.56. The van der Waals surface area contributed by atoms with Crippen molar-refractivity contribution in [3.63, 3.8) is 0 Å². The van der Waals surface area contributed by atoms with E-state index < -0.39 is 0 Å². The van der Waals surface area contributed by atoms with Gasteiger partial charge in [-0.1, -0.05) is 12.1 Å². The molecule has 1 aliphatic rings. The maximum absolute atomic E-state index is 9.71. The van der Waals surface area contributed by atoms with E-state index in [0.717, 1.165) is 29.7 Å². The molecule has 1 N–H and O–H groups in total. The standard InChI is InChI=1S/C21H21N3O2/c1-13-4-3-5-18(14(13)2)21-23-19-9-15(8-16(10-22)20(19)26-21)11-24-7-6-17(25)12-24/h3-5,8-9,17,25H,6-7,11-12H2,1-2H3/t17-/m1/s1. The number of aryl methyl sites for hydroxylation is 1. The van der Waals surface area contributed by atoms with E-state index in [1.807, 2.05) is 24.3 Å². The van der Waals surface area contributed by atoms with Gasteiger partial charge in [-0.15, -0.1) is 0 Å². The van der Waals surface area contributed by atoms with Crippen LogP contribution in [0.2, 0.25) is 0 Å². The molecule has 1 aliphatic heterocycles. The van der Waals surface area contributed by atoms with E-state index in [9.17, 15) is 10.4 Å². The van der Waals surface area contributed by atoms with E-state index in [1.165, 1.54) is 5.56 Å². The Hall–Kier alpha value is -2.68. The fraction of sp³-hybridized carbons (Fsp3) is 0.333. The molecule has 5 nitrogen and oxygen atoms in total. The first kappa shape index (κ1) is 16.8. The molecule has 0 spiro atoms. The monoisotopic (exact) mass is 347 g/mol. The smallest absolute Gasteiger partial charge is 0.227 e. The molecule has 2 heterocycles. The zero-order valence-electron chi connectivity index (χ0n) is 15.0. The SMILES string of the molecule is Cc1cccc(-c2nc3cc(CN4CC[C@@H](O)C4)cc(C#N)c3o2)c1C. The van der Waals surface area contributed by atoms with Gasteiger partial charge in [0.2, 0.25) is 5.89 Å². The molecular formula is C21H21N3O2. The van der Waals surface area contributed by atoms with Crippen molar-refractivity contribution in [2.45, 2.75) is 32.9 Å². The third-order valence-electron chi connectivity index (χ3n) is 5.16. The predicted octanol–water partition coefficient (Wildman–Crippen LogP) is 3.55. The highest BCUT2D eigenvalue weighted by molar-refractivity contribution is 5.83. The van der Waals surface area contributed by atoms with Crippen LogP contribution in [0.4, 0.5) is 0 Å². The minimum Gasteiger partial charge on any atom is -0.435 e. The lowest BCUT2D eigenvalue weighted by Crippen LogP contribution is -2.21. The molecule has 0 amide bonds. The largest absolute Gasteiger partial charge is 0.435 e. The first-order chi connectivity index (χ1) is 12.5. The van der Waals surface area contributed by atoms with E-state index in [4.69, 9.17) is 4.42 Å². The molecule has 0 unspecified atom stereocenters. The van der Waals surface area contributed by atoms with Gasteiger partial charge in [-0.3, -0.25) is 4.90 Å². The molecule has 1 aromatic heterocycles. The number of aromatic nitrogens is 1. The summed E-state index contributed by atoms with van der Waals surface area (Å²) in [4.78, 5) is 6.85. The third kappa shape index (κ3) is 2.98. The van der Waals surface area contributed by atoms with Crippen molar-refractivity contribution in [2.24, 2.45) is 0 Å². The molecule has 0 bridgehead atoms. The Balaban J connectivity index is 1.75. The van der Waals surface area contributed by atoms with Gasteiger partial charge in [-0.2, -0.15) is 5.26 Å². The molecule has 26 heavy (non-hydrogen) atoms. The zero-order valence-corrected chi connectivity index (χ0v) is 15.0. The first-order valence-corrected chi connectivity index (χ1v) is 8.85. The molecule has 2 aromatic carbocycles. The van der Waals surface area contributed by atoms with Crippen LogP contribution in [0, 0.1) is 25.2 Å². The summed E-state index contributed by atoms with van der Waals surface area (Å²) < 4.78 is 5.97. The van der Waals surface area contributed by atoms with E-state index in [0.29, 0.717) is 35.6 Å². The van der Waals surface area contributed by atoms with Crippen LogP contribution in [0.15, 0.2) is 34.7 Å². The van der Waals surface area contributed by atoms with Crippen molar-refractivity contribution in [1.29, 1.82) is 5.26 Å². The number of nitriles is 1. The van der Waals surface area contributed by atoms with Crippen LogP contribution in [0.1, 0.15) is 28.7 Å². The van der Waals surface area contributed by atoms with Crippen molar-refractivity contribution in [2.75, 3.05) is 13.1 Å². The fourth-order valence-corrected chi connectivity index (χ4v) is 3.58. The number of aliphatic hydroxyl groups is 1. The van der Waals surface area contributed by atoms with Gasteiger partial charge in [-0.05, 0) is 55.2 Å². The summed E-state index contributed by atoms with van der Waals surface area (Å²) in [5, 5.41) is 19.3. The maximum atomic E-state index is 9.71. The molecule has 132 valence electrons. The zero-order chi connectivity index (χ0) is 18.3. The van der Waals surface area contributed by atoms with Gasteiger partial charge < -0.3 is 9.52 Å². The predicted molar refractivity (Wildman–Crippen MR) is 99.5 cm³/mol. The Labute approximate surface area is 152 Å². The topological polar surface area (TPSA) is 73.3 Å². The number of β-amino-alcohol motifs (C(OH)–C–C–N with tert-alkyl or cyclic N) is 1. The van der Waals surface area contributed by atoms with Gasteiger partial charge in [0.1, 0.15) is 11.6 Å². The molecule has 0 aliphatic carbocycles. The summed E-state index contributed by atoms with van der Waals surface area (Å²) in [6, 6.07) is 12.1. The van der Waals surface area contributed by atoms with Crippen molar-refractivity contribution in [1.82, 2.24) is 9.88 Å². The number of likely N-dealkylation sites (tertiary alicyclic amines) is 1. The van der Waals surface area contributed by atoms with Gasteiger partial charge in [0, 0.05) is 25.2 Å². The second-order valence-corrected chi connectivity index (χ2v) is 7.05. The first-order valence-electron chi connectivity index (χ1n) is 8.85. The number of fused-ring (bicyclic) bond motifs is 1. The number of hydrogen-bond acceptors (Lipinski definition) is 5. The highest BCUT2D eigenvalue weighted by Gasteiger charge is 2.21. The van der Waals surface area contributed by atoms with Gasteiger partial charge in [0.25, 0.3) is 0 Å². The van der Waals surface area contributed by atoms with Crippen LogP contribution >= 0.6 is 0 Å². The van der Waals surface area contributed by atoms with E-state index in [1.54, 1.807) is 0 Å². The van der Waals surface area contributed by atoms with E-state index in [-0.39, 0.29) is 6.10 Å². The summed E-state index contributed by atoms with van der Waals surface area (Å²) in [7, 11) is 0. The van der Waals surface area contributed by atoms with Crippen LogP contribution in [0.3, 0.4) is 0 Å². The molecule has 3 aromatic rings. The van der Waals surface area contributed by atoms with Crippen LogP contribution in [-0.2, 0) is 6.54 Å². The van der Waals surface area contributed by atoms with Gasteiger partial charge in [0.05, 0.1) is 11.7 Å². The van der Waals surface area contributed by atoms with E-state index >= 15 is 0 Å². The quantitative estimate of drug-likeness (QED) is 0.784.